The van der Waals surface area contributed by atoms with Gasteiger partial charge in [-0.1, -0.05) is 25.5 Å². The predicted octanol–water partition coefficient (Wildman–Crippen LogP) is 2.78. The molecule has 1 aromatic carbocycles. The molecule has 106 valence electrons. The SMILES string of the molecule is CCCc1ccc(OC2CC(NC)C2OCC)cc1. The van der Waals surface area contributed by atoms with Gasteiger partial charge in [0.05, 0.1) is 0 Å². The largest absolute Gasteiger partial charge is 0.488 e. The Labute approximate surface area is 116 Å². The Kier molecular flexibility index (Phi) is 5.23. The molecule has 1 fully saturated rings. The molecule has 3 atom stereocenters. The number of hydrogen-bond donors (Lipinski definition) is 1. The molecule has 1 N–H and O–H groups in total. The van der Waals surface area contributed by atoms with Crippen LogP contribution in [0.3, 0.4) is 0 Å². The minimum atomic E-state index is 0.172. The van der Waals surface area contributed by atoms with E-state index in [1.807, 2.05) is 14.0 Å². The summed E-state index contributed by atoms with van der Waals surface area (Å²) in [7, 11) is 1.98. The van der Waals surface area contributed by atoms with Crippen molar-refractivity contribution in [3.05, 3.63) is 29.8 Å². The number of ether oxygens (including phenoxy) is 2. The van der Waals surface area contributed by atoms with Crippen LogP contribution in [-0.2, 0) is 11.2 Å². The van der Waals surface area contributed by atoms with Gasteiger partial charge >= 0.3 is 0 Å². The predicted molar refractivity (Wildman–Crippen MR) is 77.7 cm³/mol. The lowest BCUT2D eigenvalue weighted by Crippen LogP contribution is -2.60. The number of nitrogens with one attached hydrogen (secondary N) is 1. The zero-order valence-corrected chi connectivity index (χ0v) is 12.2. The summed E-state index contributed by atoms with van der Waals surface area (Å²) in [6.45, 7) is 4.96. The minimum Gasteiger partial charge on any atom is -0.488 e. The minimum absolute atomic E-state index is 0.172. The third-order valence-corrected chi connectivity index (χ3v) is 3.73. The Morgan fingerprint density at radius 2 is 1.95 bits per heavy atom. The van der Waals surface area contributed by atoms with E-state index in [2.05, 4.69) is 36.5 Å². The Balaban J connectivity index is 1.90. The number of aryl methyl sites for hydroxylation is 1. The molecular formula is C16H25NO2. The summed E-state index contributed by atoms with van der Waals surface area (Å²) in [6.07, 6.45) is 3.67. The zero-order chi connectivity index (χ0) is 13.7. The molecule has 0 saturated heterocycles. The van der Waals surface area contributed by atoms with E-state index >= 15 is 0 Å². The Morgan fingerprint density at radius 1 is 1.21 bits per heavy atom. The molecule has 0 spiro atoms. The molecule has 3 nitrogen and oxygen atoms in total. The highest BCUT2D eigenvalue weighted by molar-refractivity contribution is 5.28. The number of hydrogen-bond acceptors (Lipinski definition) is 3. The maximum absolute atomic E-state index is 6.02. The van der Waals surface area contributed by atoms with Crippen molar-refractivity contribution < 1.29 is 9.47 Å². The third-order valence-electron chi connectivity index (χ3n) is 3.73. The molecule has 0 aromatic heterocycles. The molecule has 1 aliphatic carbocycles. The van der Waals surface area contributed by atoms with Gasteiger partial charge in [-0.15, -0.1) is 0 Å². The fraction of sp³-hybridized carbons (Fsp3) is 0.625. The van der Waals surface area contributed by atoms with Gasteiger partial charge < -0.3 is 14.8 Å². The summed E-state index contributed by atoms with van der Waals surface area (Å²) in [6, 6.07) is 8.87. The summed E-state index contributed by atoms with van der Waals surface area (Å²) in [4.78, 5) is 0. The Morgan fingerprint density at radius 3 is 2.53 bits per heavy atom. The van der Waals surface area contributed by atoms with Crippen LogP contribution in [0.4, 0.5) is 0 Å². The maximum Gasteiger partial charge on any atom is 0.128 e. The molecule has 1 saturated carbocycles. The van der Waals surface area contributed by atoms with E-state index in [-0.39, 0.29) is 12.2 Å². The van der Waals surface area contributed by atoms with Gasteiger partial charge in [-0.05, 0) is 38.1 Å². The monoisotopic (exact) mass is 263 g/mol. The fourth-order valence-electron chi connectivity index (χ4n) is 2.59. The van der Waals surface area contributed by atoms with Crippen molar-refractivity contribution in [2.75, 3.05) is 13.7 Å². The fourth-order valence-corrected chi connectivity index (χ4v) is 2.59. The van der Waals surface area contributed by atoms with Crippen LogP contribution in [0.25, 0.3) is 0 Å². The van der Waals surface area contributed by atoms with Crippen LogP contribution in [-0.4, -0.2) is 31.9 Å². The van der Waals surface area contributed by atoms with E-state index in [1.54, 1.807) is 0 Å². The number of benzene rings is 1. The van der Waals surface area contributed by atoms with E-state index in [4.69, 9.17) is 9.47 Å². The second-order valence-electron chi connectivity index (χ2n) is 5.10. The smallest absolute Gasteiger partial charge is 0.128 e. The lowest BCUT2D eigenvalue weighted by molar-refractivity contribution is -0.103. The normalized spacial score (nSPS) is 25.9. The van der Waals surface area contributed by atoms with Crippen LogP contribution in [0.1, 0.15) is 32.3 Å². The summed E-state index contributed by atoms with van der Waals surface area (Å²) in [5.74, 6) is 0.948. The van der Waals surface area contributed by atoms with E-state index in [9.17, 15) is 0 Å². The first kappa shape index (κ1) is 14.4. The van der Waals surface area contributed by atoms with E-state index in [1.165, 1.54) is 12.0 Å². The lowest BCUT2D eigenvalue weighted by Gasteiger charge is -2.43. The standard InChI is InChI=1S/C16H25NO2/c1-4-6-12-7-9-13(10-8-12)19-15-11-14(17-3)16(15)18-5-2/h7-10,14-17H,4-6,11H2,1-3H3. The Bertz CT molecular complexity index is 377. The quantitative estimate of drug-likeness (QED) is 0.820. The molecule has 3 heteroatoms. The van der Waals surface area contributed by atoms with Crippen LogP contribution in [0.2, 0.25) is 0 Å². The molecule has 19 heavy (non-hydrogen) atoms. The van der Waals surface area contributed by atoms with Gasteiger partial charge in [0, 0.05) is 19.1 Å². The number of rotatable bonds is 7. The summed E-state index contributed by atoms with van der Waals surface area (Å²) in [5.41, 5.74) is 1.37. The van der Waals surface area contributed by atoms with Gasteiger partial charge in [0.15, 0.2) is 0 Å². The van der Waals surface area contributed by atoms with Crippen molar-refractivity contribution in [3.63, 3.8) is 0 Å². The topological polar surface area (TPSA) is 30.5 Å². The average Bonchev–Trinajstić information content (AvgIpc) is 2.42. The van der Waals surface area contributed by atoms with Crippen LogP contribution < -0.4 is 10.1 Å². The maximum atomic E-state index is 6.02. The van der Waals surface area contributed by atoms with Crippen molar-refractivity contribution in [2.24, 2.45) is 0 Å². The van der Waals surface area contributed by atoms with Crippen LogP contribution in [0, 0.1) is 0 Å². The van der Waals surface area contributed by atoms with Crippen molar-refractivity contribution in [1.29, 1.82) is 0 Å². The van der Waals surface area contributed by atoms with Gasteiger partial charge in [0.2, 0.25) is 0 Å². The summed E-state index contributed by atoms with van der Waals surface area (Å²) in [5, 5.41) is 3.27. The van der Waals surface area contributed by atoms with Gasteiger partial charge in [0.25, 0.3) is 0 Å². The first-order valence-electron chi connectivity index (χ1n) is 7.33. The molecule has 3 unspecified atom stereocenters. The number of likely N-dealkylation sites (N-methyl/N-ethyl adjacent to an activating group) is 1. The van der Waals surface area contributed by atoms with Gasteiger partial charge in [-0.25, -0.2) is 0 Å². The summed E-state index contributed by atoms with van der Waals surface area (Å²) < 4.78 is 11.8. The zero-order valence-electron chi connectivity index (χ0n) is 12.2. The third kappa shape index (κ3) is 3.48. The van der Waals surface area contributed by atoms with Crippen molar-refractivity contribution in [2.45, 2.75) is 51.4 Å². The van der Waals surface area contributed by atoms with Gasteiger partial charge in [0.1, 0.15) is 18.0 Å². The molecule has 1 aromatic rings. The molecule has 2 rings (SSSR count). The average molecular weight is 263 g/mol. The van der Waals surface area contributed by atoms with Crippen LogP contribution >= 0.6 is 0 Å². The lowest BCUT2D eigenvalue weighted by atomic mass is 9.85. The van der Waals surface area contributed by atoms with Crippen LogP contribution in [0.5, 0.6) is 5.75 Å². The van der Waals surface area contributed by atoms with Crippen molar-refractivity contribution >= 4 is 0 Å². The first-order chi connectivity index (χ1) is 9.28. The molecule has 0 heterocycles. The van der Waals surface area contributed by atoms with Gasteiger partial charge in [-0.3, -0.25) is 0 Å². The van der Waals surface area contributed by atoms with E-state index < -0.39 is 0 Å². The highest BCUT2D eigenvalue weighted by Gasteiger charge is 2.42. The van der Waals surface area contributed by atoms with Crippen molar-refractivity contribution in [1.82, 2.24) is 5.32 Å². The van der Waals surface area contributed by atoms with Crippen LogP contribution in [0.15, 0.2) is 24.3 Å². The second-order valence-corrected chi connectivity index (χ2v) is 5.10. The van der Waals surface area contributed by atoms with Gasteiger partial charge in [-0.2, -0.15) is 0 Å². The molecule has 1 aliphatic rings. The molecular weight excluding hydrogens is 238 g/mol. The highest BCUT2D eigenvalue weighted by atomic mass is 16.5. The second kappa shape index (κ2) is 6.92. The first-order valence-corrected chi connectivity index (χ1v) is 7.33. The van der Waals surface area contributed by atoms with E-state index in [0.717, 1.165) is 25.2 Å². The van der Waals surface area contributed by atoms with E-state index in [0.29, 0.717) is 6.04 Å². The molecule has 0 radical (unpaired) electrons. The molecule has 0 bridgehead atoms. The van der Waals surface area contributed by atoms with Crippen molar-refractivity contribution in [3.8, 4) is 5.75 Å². The molecule has 0 aliphatic heterocycles. The Hall–Kier alpha value is -1.06. The molecule has 0 amide bonds. The summed E-state index contributed by atoms with van der Waals surface area (Å²) >= 11 is 0. The highest BCUT2D eigenvalue weighted by Crippen LogP contribution is 2.29.